The Morgan fingerprint density at radius 1 is 0.947 bits per heavy atom. The van der Waals surface area contributed by atoms with Crippen LogP contribution >= 0.6 is 11.6 Å². The third kappa shape index (κ3) is 7.58. The molecule has 1 atom stereocenters. The summed E-state index contributed by atoms with van der Waals surface area (Å²) in [5.41, 5.74) is 3.70. The lowest BCUT2D eigenvalue weighted by Crippen LogP contribution is -2.53. The van der Waals surface area contributed by atoms with Crippen LogP contribution in [-0.4, -0.2) is 50.5 Å². The van der Waals surface area contributed by atoms with E-state index in [4.69, 9.17) is 11.6 Å². The van der Waals surface area contributed by atoms with Crippen molar-refractivity contribution in [2.45, 2.75) is 39.8 Å². The lowest BCUT2D eigenvalue weighted by atomic mass is 10.0. The molecule has 3 aromatic rings. The minimum atomic E-state index is -3.84. The average Bonchev–Trinajstić information content (AvgIpc) is 2.86. The van der Waals surface area contributed by atoms with Gasteiger partial charge in [-0.1, -0.05) is 66.2 Å². The summed E-state index contributed by atoms with van der Waals surface area (Å²) in [5.74, 6) is -0.785. The van der Waals surface area contributed by atoms with Crippen LogP contribution in [0.25, 0.3) is 0 Å². The van der Waals surface area contributed by atoms with E-state index < -0.39 is 28.5 Å². The number of likely N-dealkylation sites (N-methyl/N-ethyl adjacent to an activating group) is 1. The first-order valence-corrected chi connectivity index (χ1v) is 14.6. The zero-order chi connectivity index (χ0) is 27.9. The Labute approximate surface area is 230 Å². The molecule has 202 valence electrons. The number of nitrogens with one attached hydrogen (secondary N) is 1. The number of carbonyl (C=O) groups excluding carboxylic acids is 2. The highest BCUT2D eigenvalue weighted by atomic mass is 35.5. The van der Waals surface area contributed by atoms with Crippen molar-refractivity contribution in [3.05, 3.63) is 100 Å². The molecule has 3 aromatic carbocycles. The first-order valence-electron chi connectivity index (χ1n) is 12.4. The highest BCUT2D eigenvalue weighted by Crippen LogP contribution is 2.26. The summed E-state index contributed by atoms with van der Waals surface area (Å²) in [6.07, 6.45) is 1.34. The zero-order valence-corrected chi connectivity index (χ0v) is 23.7. The van der Waals surface area contributed by atoms with Crippen molar-refractivity contribution in [1.29, 1.82) is 0 Å². The first-order chi connectivity index (χ1) is 18.0. The maximum absolute atomic E-state index is 14.0. The number of hydrogen-bond donors (Lipinski definition) is 1. The highest BCUT2D eigenvalue weighted by Gasteiger charge is 2.33. The van der Waals surface area contributed by atoms with E-state index in [1.807, 2.05) is 68.4 Å². The molecular weight excluding hydrogens is 522 g/mol. The Balaban J connectivity index is 2.07. The fourth-order valence-electron chi connectivity index (χ4n) is 4.31. The topological polar surface area (TPSA) is 86.8 Å². The lowest BCUT2D eigenvalue weighted by Gasteiger charge is -2.34. The minimum Gasteiger partial charge on any atom is -0.355 e. The monoisotopic (exact) mass is 555 g/mol. The fourth-order valence-corrected chi connectivity index (χ4v) is 5.44. The number of hydrogen-bond acceptors (Lipinski definition) is 4. The van der Waals surface area contributed by atoms with Gasteiger partial charge in [-0.05, 0) is 61.2 Å². The van der Waals surface area contributed by atoms with E-state index in [-0.39, 0.29) is 18.9 Å². The summed E-state index contributed by atoms with van der Waals surface area (Å²) in [7, 11) is -3.84. The average molecular weight is 556 g/mol. The zero-order valence-electron chi connectivity index (χ0n) is 22.1. The van der Waals surface area contributed by atoms with E-state index in [9.17, 15) is 18.0 Å². The summed E-state index contributed by atoms with van der Waals surface area (Å²) in [6.45, 7) is 5.59. The highest BCUT2D eigenvalue weighted by molar-refractivity contribution is 7.92. The van der Waals surface area contributed by atoms with Crippen molar-refractivity contribution in [3.63, 3.8) is 0 Å². The van der Waals surface area contributed by atoms with E-state index in [1.54, 1.807) is 25.1 Å². The number of aryl methyl sites for hydroxylation is 2. The molecule has 38 heavy (non-hydrogen) atoms. The van der Waals surface area contributed by atoms with E-state index in [0.29, 0.717) is 22.8 Å². The first kappa shape index (κ1) is 29.2. The molecule has 1 N–H and O–H groups in total. The summed E-state index contributed by atoms with van der Waals surface area (Å²) >= 11 is 6.09. The molecule has 0 aliphatic carbocycles. The number of benzene rings is 3. The predicted octanol–water partition coefficient (Wildman–Crippen LogP) is 4.50. The van der Waals surface area contributed by atoms with Crippen LogP contribution < -0.4 is 9.62 Å². The number of carbonyl (C=O) groups is 2. The van der Waals surface area contributed by atoms with Gasteiger partial charge in [0.2, 0.25) is 21.8 Å². The molecule has 2 amide bonds. The minimum absolute atomic E-state index is 0.150. The molecule has 3 rings (SSSR count). The van der Waals surface area contributed by atoms with Crippen molar-refractivity contribution >= 4 is 39.1 Å². The lowest BCUT2D eigenvalue weighted by molar-refractivity contribution is -0.140. The Kier molecular flexibility index (Phi) is 9.94. The maximum Gasteiger partial charge on any atom is 0.244 e. The van der Waals surface area contributed by atoms with Crippen LogP contribution in [0.1, 0.15) is 29.2 Å². The van der Waals surface area contributed by atoms with Gasteiger partial charge in [0.15, 0.2) is 0 Å². The Bertz CT molecular complexity index is 1380. The summed E-state index contributed by atoms with van der Waals surface area (Å²) in [5, 5.41) is 3.32. The van der Waals surface area contributed by atoms with Crippen LogP contribution in [0.5, 0.6) is 0 Å². The van der Waals surface area contributed by atoms with Gasteiger partial charge < -0.3 is 10.2 Å². The number of sulfonamides is 1. The van der Waals surface area contributed by atoms with Gasteiger partial charge in [-0.2, -0.15) is 0 Å². The van der Waals surface area contributed by atoms with Crippen molar-refractivity contribution in [2.75, 3.05) is 23.7 Å². The van der Waals surface area contributed by atoms with Crippen LogP contribution in [0.4, 0.5) is 5.69 Å². The molecule has 0 bridgehead atoms. The predicted molar refractivity (Wildman–Crippen MR) is 153 cm³/mol. The second-order valence-corrected chi connectivity index (χ2v) is 11.6. The molecule has 0 unspecified atom stereocenters. The van der Waals surface area contributed by atoms with Crippen LogP contribution in [0.3, 0.4) is 0 Å². The molecule has 0 fully saturated rings. The van der Waals surface area contributed by atoms with E-state index in [1.165, 1.54) is 4.90 Å². The molecular formula is C29H34ClN3O4S. The number of amides is 2. The third-order valence-corrected chi connectivity index (χ3v) is 7.69. The normalized spacial score (nSPS) is 12.0. The van der Waals surface area contributed by atoms with Gasteiger partial charge in [0.1, 0.15) is 12.6 Å². The molecule has 0 saturated carbocycles. The molecule has 0 spiro atoms. The van der Waals surface area contributed by atoms with E-state index in [0.717, 1.165) is 27.3 Å². The van der Waals surface area contributed by atoms with E-state index >= 15 is 0 Å². The van der Waals surface area contributed by atoms with Crippen LogP contribution in [0.2, 0.25) is 5.02 Å². The van der Waals surface area contributed by atoms with Gasteiger partial charge in [-0.3, -0.25) is 13.9 Å². The molecule has 0 aliphatic rings. The van der Waals surface area contributed by atoms with Crippen LogP contribution in [0.15, 0.2) is 72.8 Å². The van der Waals surface area contributed by atoms with Crippen LogP contribution in [0, 0.1) is 13.8 Å². The SMILES string of the molecule is CCNC(=O)[C@@H](Cc1ccccc1)N(Cc1ccccc1C)C(=O)CN(c1ccc(Cl)cc1C)S(C)(=O)=O. The van der Waals surface area contributed by atoms with Crippen molar-refractivity contribution in [3.8, 4) is 0 Å². The standard InChI is InChI=1S/C29H34ClN3O4S/c1-5-31-29(35)27(18-23-12-7-6-8-13-23)32(19-24-14-10-9-11-21(24)2)28(34)20-33(38(4,36)37)26-16-15-25(30)17-22(26)3/h6-17,27H,5,18-20H2,1-4H3,(H,31,35)/t27-/m1/s1. The second-order valence-electron chi connectivity index (χ2n) is 9.25. The third-order valence-electron chi connectivity index (χ3n) is 6.33. The number of anilines is 1. The van der Waals surface area contributed by atoms with Crippen molar-refractivity contribution < 1.29 is 18.0 Å². The molecule has 0 radical (unpaired) electrons. The molecule has 0 aromatic heterocycles. The van der Waals surface area contributed by atoms with Gasteiger partial charge in [-0.25, -0.2) is 8.42 Å². The van der Waals surface area contributed by atoms with Crippen molar-refractivity contribution in [1.82, 2.24) is 10.2 Å². The number of rotatable bonds is 11. The maximum atomic E-state index is 14.0. The molecule has 9 heteroatoms. The van der Waals surface area contributed by atoms with Crippen molar-refractivity contribution in [2.24, 2.45) is 0 Å². The largest absolute Gasteiger partial charge is 0.355 e. The Morgan fingerprint density at radius 3 is 2.21 bits per heavy atom. The molecule has 7 nitrogen and oxygen atoms in total. The number of halogens is 1. The molecule has 0 heterocycles. The van der Waals surface area contributed by atoms with Gasteiger partial charge in [0.25, 0.3) is 0 Å². The van der Waals surface area contributed by atoms with Crippen LogP contribution in [-0.2, 0) is 32.6 Å². The second kappa shape index (κ2) is 12.9. The van der Waals surface area contributed by atoms with Gasteiger partial charge >= 0.3 is 0 Å². The molecule has 0 saturated heterocycles. The Hall–Kier alpha value is -3.36. The summed E-state index contributed by atoms with van der Waals surface area (Å²) in [6, 6.07) is 21.1. The Morgan fingerprint density at radius 2 is 1.61 bits per heavy atom. The van der Waals surface area contributed by atoms with Gasteiger partial charge in [0, 0.05) is 24.5 Å². The van der Waals surface area contributed by atoms with E-state index in [2.05, 4.69) is 5.32 Å². The summed E-state index contributed by atoms with van der Waals surface area (Å²) in [4.78, 5) is 28.9. The quantitative estimate of drug-likeness (QED) is 0.377. The number of nitrogens with zero attached hydrogens (tertiary/aromatic N) is 2. The van der Waals surface area contributed by atoms with Gasteiger partial charge in [-0.15, -0.1) is 0 Å². The van der Waals surface area contributed by atoms with Gasteiger partial charge in [0.05, 0.1) is 11.9 Å². The fraction of sp³-hybridized carbons (Fsp3) is 0.310. The molecule has 0 aliphatic heterocycles. The smallest absolute Gasteiger partial charge is 0.244 e. The summed E-state index contributed by atoms with van der Waals surface area (Å²) < 4.78 is 26.8.